The van der Waals surface area contributed by atoms with Crippen LogP contribution in [0.4, 0.5) is 13.2 Å². The Labute approximate surface area is 126 Å². The summed E-state index contributed by atoms with van der Waals surface area (Å²) in [6.07, 6.45) is -1.28. The average Bonchev–Trinajstić information content (AvgIpc) is 2.50. The average molecular weight is 302 g/mol. The number of benzene rings is 2. The molecule has 0 radical (unpaired) electrons. The van der Waals surface area contributed by atoms with Crippen LogP contribution in [0.2, 0.25) is 0 Å². The largest absolute Gasteiger partial charge is 0.416 e. The number of fused-ring (bicyclic) bond motifs is 1. The zero-order valence-electron chi connectivity index (χ0n) is 11.7. The topological polar surface area (TPSA) is 17.1 Å². The van der Waals surface area contributed by atoms with Crippen molar-refractivity contribution in [2.24, 2.45) is 0 Å². The minimum Gasteiger partial charge on any atom is -0.289 e. The first-order valence-corrected chi connectivity index (χ1v) is 6.95. The van der Waals surface area contributed by atoms with Crippen LogP contribution in [0.15, 0.2) is 54.1 Å². The van der Waals surface area contributed by atoms with E-state index in [4.69, 9.17) is 0 Å². The number of aryl methyl sites for hydroxylation is 1. The standard InChI is InChI=1S/C18H13F3O/c19-18(20,21)15-9-5-12(6-10-15)11-14-8-7-13-3-1-2-4-16(13)17(14)22/h1-6,9-11H,7-8H2. The summed E-state index contributed by atoms with van der Waals surface area (Å²) in [6.45, 7) is 0. The van der Waals surface area contributed by atoms with E-state index in [1.807, 2.05) is 18.2 Å². The highest BCUT2D eigenvalue weighted by atomic mass is 19.4. The van der Waals surface area contributed by atoms with Crippen molar-refractivity contribution in [3.63, 3.8) is 0 Å². The van der Waals surface area contributed by atoms with E-state index in [0.717, 1.165) is 24.1 Å². The molecule has 3 rings (SSSR count). The van der Waals surface area contributed by atoms with E-state index >= 15 is 0 Å². The minimum absolute atomic E-state index is 0.0400. The van der Waals surface area contributed by atoms with Crippen molar-refractivity contribution in [2.75, 3.05) is 0 Å². The fourth-order valence-corrected chi connectivity index (χ4v) is 2.62. The Bertz CT molecular complexity index is 740. The number of rotatable bonds is 1. The maximum Gasteiger partial charge on any atom is 0.416 e. The van der Waals surface area contributed by atoms with Gasteiger partial charge in [0.15, 0.2) is 5.78 Å². The molecule has 1 aliphatic rings. The van der Waals surface area contributed by atoms with Gasteiger partial charge in [-0.25, -0.2) is 0 Å². The van der Waals surface area contributed by atoms with Crippen molar-refractivity contribution in [2.45, 2.75) is 19.0 Å². The number of halogens is 3. The molecule has 0 fully saturated rings. The summed E-state index contributed by atoms with van der Waals surface area (Å²) in [4.78, 5) is 12.4. The quantitative estimate of drug-likeness (QED) is 0.683. The Hall–Kier alpha value is -2.36. The Morgan fingerprint density at radius 2 is 1.59 bits per heavy atom. The lowest BCUT2D eigenvalue weighted by atomic mass is 9.86. The third kappa shape index (κ3) is 2.82. The zero-order chi connectivity index (χ0) is 15.7. The molecular formula is C18H13F3O. The molecule has 0 bridgehead atoms. The second-order valence-corrected chi connectivity index (χ2v) is 5.28. The maximum absolute atomic E-state index is 12.5. The number of hydrogen-bond donors (Lipinski definition) is 0. The molecule has 0 spiro atoms. The summed E-state index contributed by atoms with van der Waals surface area (Å²) in [5, 5.41) is 0. The van der Waals surface area contributed by atoms with Crippen LogP contribution in [0.5, 0.6) is 0 Å². The SMILES string of the molecule is O=C1C(=Cc2ccc(C(F)(F)F)cc2)CCc2ccccc21. The highest BCUT2D eigenvalue weighted by molar-refractivity contribution is 6.13. The van der Waals surface area contributed by atoms with Crippen molar-refractivity contribution >= 4 is 11.9 Å². The van der Waals surface area contributed by atoms with E-state index in [9.17, 15) is 18.0 Å². The Morgan fingerprint density at radius 3 is 2.27 bits per heavy atom. The molecule has 112 valence electrons. The lowest BCUT2D eigenvalue weighted by molar-refractivity contribution is -0.137. The summed E-state index contributed by atoms with van der Waals surface area (Å²) in [5.41, 5.74) is 2.27. The number of ketones is 1. The summed E-state index contributed by atoms with van der Waals surface area (Å²) < 4.78 is 37.6. The number of carbonyl (C=O) groups is 1. The third-order valence-corrected chi connectivity index (χ3v) is 3.80. The van der Waals surface area contributed by atoms with Crippen LogP contribution in [-0.2, 0) is 12.6 Å². The van der Waals surface area contributed by atoms with Gasteiger partial charge >= 0.3 is 6.18 Å². The molecule has 2 aromatic carbocycles. The van der Waals surface area contributed by atoms with Gasteiger partial charge in [-0.05, 0) is 42.2 Å². The van der Waals surface area contributed by atoms with Crippen LogP contribution in [0.25, 0.3) is 6.08 Å². The van der Waals surface area contributed by atoms with Crippen LogP contribution in [-0.4, -0.2) is 5.78 Å². The zero-order valence-corrected chi connectivity index (χ0v) is 11.7. The van der Waals surface area contributed by atoms with Crippen molar-refractivity contribution in [1.82, 2.24) is 0 Å². The van der Waals surface area contributed by atoms with Crippen molar-refractivity contribution in [1.29, 1.82) is 0 Å². The summed E-state index contributed by atoms with van der Waals surface area (Å²) in [5.74, 6) is -0.0400. The van der Waals surface area contributed by atoms with E-state index in [1.54, 1.807) is 12.1 Å². The fourth-order valence-electron chi connectivity index (χ4n) is 2.62. The molecule has 0 unspecified atom stereocenters. The van der Waals surface area contributed by atoms with E-state index in [2.05, 4.69) is 0 Å². The van der Waals surface area contributed by atoms with Gasteiger partial charge in [-0.3, -0.25) is 4.79 Å². The Kier molecular flexibility index (Phi) is 3.61. The molecule has 0 saturated heterocycles. The molecular weight excluding hydrogens is 289 g/mol. The number of hydrogen-bond acceptors (Lipinski definition) is 1. The molecule has 0 atom stereocenters. The molecule has 0 heterocycles. The Morgan fingerprint density at radius 1 is 0.909 bits per heavy atom. The smallest absolute Gasteiger partial charge is 0.289 e. The number of alkyl halides is 3. The lowest BCUT2D eigenvalue weighted by Gasteiger charge is -2.17. The molecule has 4 heteroatoms. The predicted octanol–water partition coefficient (Wildman–Crippen LogP) is 4.92. The van der Waals surface area contributed by atoms with Crippen molar-refractivity contribution in [3.05, 3.63) is 76.4 Å². The van der Waals surface area contributed by atoms with E-state index < -0.39 is 11.7 Å². The molecule has 0 saturated carbocycles. The lowest BCUT2D eigenvalue weighted by Crippen LogP contribution is -2.13. The van der Waals surface area contributed by atoms with Crippen molar-refractivity contribution in [3.8, 4) is 0 Å². The van der Waals surface area contributed by atoms with Gasteiger partial charge in [0.05, 0.1) is 5.56 Å². The second kappa shape index (κ2) is 5.44. The summed E-state index contributed by atoms with van der Waals surface area (Å²) in [7, 11) is 0. The molecule has 2 aromatic rings. The van der Waals surface area contributed by atoms with Crippen LogP contribution in [0.1, 0.15) is 33.5 Å². The number of carbonyl (C=O) groups excluding carboxylic acids is 1. The Balaban J connectivity index is 1.89. The van der Waals surface area contributed by atoms with Crippen LogP contribution < -0.4 is 0 Å². The molecule has 1 aliphatic carbocycles. The fraction of sp³-hybridized carbons (Fsp3) is 0.167. The summed E-state index contributed by atoms with van der Waals surface area (Å²) in [6, 6.07) is 12.3. The van der Waals surface area contributed by atoms with Crippen LogP contribution >= 0.6 is 0 Å². The molecule has 0 aliphatic heterocycles. The monoisotopic (exact) mass is 302 g/mol. The summed E-state index contributed by atoms with van der Waals surface area (Å²) >= 11 is 0. The van der Waals surface area contributed by atoms with E-state index in [-0.39, 0.29) is 5.78 Å². The van der Waals surface area contributed by atoms with Gasteiger partial charge in [0.25, 0.3) is 0 Å². The van der Waals surface area contributed by atoms with Crippen LogP contribution in [0, 0.1) is 0 Å². The molecule has 0 aromatic heterocycles. The molecule has 1 nitrogen and oxygen atoms in total. The minimum atomic E-state index is -4.34. The van der Waals surface area contributed by atoms with Crippen LogP contribution in [0.3, 0.4) is 0 Å². The van der Waals surface area contributed by atoms with Gasteiger partial charge in [0.1, 0.15) is 0 Å². The molecule has 0 amide bonds. The van der Waals surface area contributed by atoms with Crippen molar-refractivity contribution < 1.29 is 18.0 Å². The highest BCUT2D eigenvalue weighted by Gasteiger charge is 2.30. The highest BCUT2D eigenvalue weighted by Crippen LogP contribution is 2.30. The normalized spacial score (nSPS) is 16.7. The molecule has 22 heavy (non-hydrogen) atoms. The molecule has 0 N–H and O–H groups in total. The maximum atomic E-state index is 12.5. The van der Waals surface area contributed by atoms with E-state index in [1.165, 1.54) is 12.1 Å². The first kappa shape index (κ1) is 14.6. The third-order valence-electron chi connectivity index (χ3n) is 3.80. The van der Waals surface area contributed by atoms with Gasteiger partial charge in [-0.2, -0.15) is 13.2 Å². The first-order valence-electron chi connectivity index (χ1n) is 6.95. The van der Waals surface area contributed by atoms with E-state index in [0.29, 0.717) is 23.1 Å². The number of allylic oxidation sites excluding steroid dienone is 1. The van der Waals surface area contributed by atoms with Gasteiger partial charge in [-0.15, -0.1) is 0 Å². The van der Waals surface area contributed by atoms with Gasteiger partial charge in [0, 0.05) is 11.1 Å². The first-order chi connectivity index (χ1) is 10.4. The van der Waals surface area contributed by atoms with Gasteiger partial charge < -0.3 is 0 Å². The van der Waals surface area contributed by atoms with Gasteiger partial charge in [-0.1, -0.05) is 36.4 Å². The second-order valence-electron chi connectivity index (χ2n) is 5.28. The predicted molar refractivity (Wildman–Crippen MR) is 78.5 cm³/mol. The number of Topliss-reactive ketones (excluding diaryl/α,β-unsaturated/α-hetero) is 1. The van der Waals surface area contributed by atoms with Gasteiger partial charge in [0.2, 0.25) is 0 Å².